The molecule has 0 heterocycles. The number of rotatable bonds is 5. The number of aromatic hydroxyl groups is 1. The van der Waals surface area contributed by atoms with Gasteiger partial charge in [0.1, 0.15) is 11.6 Å². The fraction of sp³-hybridized carbons (Fsp3) is 0.571. The zero-order valence-corrected chi connectivity index (χ0v) is 10.4. The summed E-state index contributed by atoms with van der Waals surface area (Å²) in [5.41, 5.74) is 0.772. The van der Waals surface area contributed by atoms with Gasteiger partial charge in [0.2, 0.25) is 0 Å². The van der Waals surface area contributed by atoms with Gasteiger partial charge in [0.15, 0.2) is 0 Å². The molecule has 0 bridgehead atoms. The predicted octanol–water partition coefficient (Wildman–Crippen LogP) is 3.37. The van der Waals surface area contributed by atoms with Crippen LogP contribution in [0, 0.1) is 11.7 Å². The zero-order valence-electron chi connectivity index (χ0n) is 10.4. The third-order valence-electron chi connectivity index (χ3n) is 3.51. The van der Waals surface area contributed by atoms with E-state index in [1.807, 2.05) is 6.92 Å². The second-order valence-corrected chi connectivity index (χ2v) is 4.98. The molecule has 1 aromatic carbocycles. The van der Waals surface area contributed by atoms with Gasteiger partial charge in [-0.15, -0.1) is 0 Å². The predicted molar refractivity (Wildman–Crippen MR) is 66.4 cm³/mol. The number of nitrogens with one attached hydrogen (secondary N) is 1. The summed E-state index contributed by atoms with van der Waals surface area (Å²) in [5.74, 6) is 0.427. The molecule has 2 rings (SSSR count). The van der Waals surface area contributed by atoms with Crippen LogP contribution in [0.2, 0.25) is 0 Å². The third-order valence-corrected chi connectivity index (χ3v) is 3.51. The summed E-state index contributed by atoms with van der Waals surface area (Å²) in [7, 11) is 0. The lowest BCUT2D eigenvalue weighted by Gasteiger charge is -2.15. The number of hydrogen-bond acceptors (Lipinski definition) is 2. The molecule has 0 amide bonds. The van der Waals surface area contributed by atoms with Crippen molar-refractivity contribution >= 4 is 0 Å². The molecule has 0 aliphatic heterocycles. The molecule has 0 aromatic heterocycles. The lowest BCUT2D eigenvalue weighted by atomic mass is 10.1. The van der Waals surface area contributed by atoms with E-state index in [-0.39, 0.29) is 11.8 Å². The first-order chi connectivity index (χ1) is 8.11. The molecule has 94 valence electrons. The first-order valence-electron chi connectivity index (χ1n) is 6.36. The quantitative estimate of drug-likeness (QED) is 0.823. The van der Waals surface area contributed by atoms with E-state index in [4.69, 9.17) is 0 Å². The minimum atomic E-state index is -0.395. The van der Waals surface area contributed by atoms with Crippen LogP contribution in [-0.4, -0.2) is 11.1 Å². The highest BCUT2D eigenvalue weighted by Gasteiger charge is 2.36. The maximum Gasteiger partial charge on any atom is 0.126 e. The van der Waals surface area contributed by atoms with Gasteiger partial charge in [-0.05, 0) is 31.7 Å². The fourth-order valence-corrected chi connectivity index (χ4v) is 2.44. The van der Waals surface area contributed by atoms with Crippen LogP contribution in [0.15, 0.2) is 18.2 Å². The van der Waals surface area contributed by atoms with Crippen molar-refractivity contribution in [3.63, 3.8) is 0 Å². The van der Waals surface area contributed by atoms with E-state index in [0.29, 0.717) is 6.04 Å². The Morgan fingerprint density at radius 2 is 2.29 bits per heavy atom. The van der Waals surface area contributed by atoms with Gasteiger partial charge >= 0.3 is 0 Å². The van der Waals surface area contributed by atoms with Crippen LogP contribution in [0.4, 0.5) is 4.39 Å². The van der Waals surface area contributed by atoms with Crippen LogP contribution < -0.4 is 5.32 Å². The molecule has 1 saturated carbocycles. The Labute approximate surface area is 102 Å². The van der Waals surface area contributed by atoms with Gasteiger partial charge < -0.3 is 10.4 Å². The molecule has 0 radical (unpaired) electrons. The van der Waals surface area contributed by atoms with Crippen molar-refractivity contribution in [3.05, 3.63) is 29.6 Å². The fourth-order valence-electron chi connectivity index (χ4n) is 2.44. The molecular weight excluding hydrogens is 217 g/mol. The minimum Gasteiger partial charge on any atom is -0.508 e. The van der Waals surface area contributed by atoms with Gasteiger partial charge in [0, 0.05) is 23.7 Å². The van der Waals surface area contributed by atoms with E-state index in [9.17, 15) is 9.50 Å². The zero-order chi connectivity index (χ0) is 12.4. The second-order valence-electron chi connectivity index (χ2n) is 4.98. The number of phenolic OH excluding ortho intramolecular Hbond substituents is 1. The van der Waals surface area contributed by atoms with E-state index < -0.39 is 5.82 Å². The molecule has 2 nitrogen and oxygen atoms in total. The maximum atomic E-state index is 12.9. The van der Waals surface area contributed by atoms with Crippen molar-refractivity contribution in [1.29, 1.82) is 0 Å². The topological polar surface area (TPSA) is 32.3 Å². The van der Waals surface area contributed by atoms with Crippen molar-refractivity contribution in [1.82, 2.24) is 5.32 Å². The first-order valence-corrected chi connectivity index (χ1v) is 6.36. The van der Waals surface area contributed by atoms with Crippen molar-refractivity contribution in [2.75, 3.05) is 0 Å². The van der Waals surface area contributed by atoms with Gasteiger partial charge in [0.05, 0.1) is 0 Å². The van der Waals surface area contributed by atoms with Crippen molar-refractivity contribution < 1.29 is 9.50 Å². The lowest BCUT2D eigenvalue weighted by Crippen LogP contribution is -2.22. The van der Waals surface area contributed by atoms with Crippen molar-refractivity contribution in [3.8, 4) is 5.75 Å². The van der Waals surface area contributed by atoms with Gasteiger partial charge in [-0.2, -0.15) is 0 Å². The monoisotopic (exact) mass is 237 g/mol. The highest BCUT2D eigenvalue weighted by molar-refractivity contribution is 5.35. The smallest absolute Gasteiger partial charge is 0.126 e. The van der Waals surface area contributed by atoms with Crippen LogP contribution in [0.5, 0.6) is 5.75 Å². The molecular formula is C14H20FNO. The van der Waals surface area contributed by atoms with Crippen LogP contribution in [-0.2, 0) is 0 Å². The Morgan fingerprint density at radius 3 is 2.94 bits per heavy atom. The molecule has 1 aliphatic rings. The molecule has 2 N–H and O–H groups in total. The van der Waals surface area contributed by atoms with Crippen molar-refractivity contribution in [2.45, 2.75) is 45.2 Å². The summed E-state index contributed by atoms with van der Waals surface area (Å²) in [6, 6.07) is 4.85. The highest BCUT2D eigenvalue weighted by atomic mass is 19.1. The Balaban J connectivity index is 1.94. The van der Waals surface area contributed by atoms with Crippen LogP contribution >= 0.6 is 0 Å². The van der Waals surface area contributed by atoms with E-state index in [0.717, 1.165) is 11.5 Å². The van der Waals surface area contributed by atoms with E-state index >= 15 is 0 Å². The maximum absolute atomic E-state index is 12.9. The highest BCUT2D eigenvalue weighted by Crippen LogP contribution is 2.37. The molecule has 3 unspecified atom stereocenters. The standard InChI is InChI=1S/C14H20FNO/c1-3-4-10-7-13(10)16-9(2)12-6-5-11(15)8-14(12)17/h5-6,8-10,13,16-17H,3-4,7H2,1-2H3. The summed E-state index contributed by atoms with van der Waals surface area (Å²) < 4.78 is 12.9. The summed E-state index contributed by atoms with van der Waals surface area (Å²) >= 11 is 0. The van der Waals surface area contributed by atoms with Gasteiger partial charge in [0.25, 0.3) is 0 Å². The number of phenols is 1. The van der Waals surface area contributed by atoms with Crippen LogP contribution in [0.1, 0.15) is 44.7 Å². The van der Waals surface area contributed by atoms with Gasteiger partial charge in [-0.3, -0.25) is 0 Å². The molecule has 3 atom stereocenters. The largest absolute Gasteiger partial charge is 0.508 e. The Bertz CT molecular complexity index is 394. The minimum absolute atomic E-state index is 0.0395. The van der Waals surface area contributed by atoms with Gasteiger partial charge in [-0.25, -0.2) is 4.39 Å². The van der Waals surface area contributed by atoms with E-state index in [1.54, 1.807) is 6.07 Å². The van der Waals surface area contributed by atoms with E-state index in [2.05, 4.69) is 12.2 Å². The number of halogens is 1. The molecule has 1 aromatic rings. The first kappa shape index (κ1) is 12.4. The van der Waals surface area contributed by atoms with Crippen molar-refractivity contribution in [2.24, 2.45) is 5.92 Å². The Morgan fingerprint density at radius 1 is 1.53 bits per heavy atom. The summed E-state index contributed by atoms with van der Waals surface area (Å²) in [5, 5.41) is 13.2. The second kappa shape index (κ2) is 5.05. The van der Waals surface area contributed by atoms with Gasteiger partial charge in [-0.1, -0.05) is 19.4 Å². The molecule has 3 heteroatoms. The average molecular weight is 237 g/mol. The third kappa shape index (κ3) is 2.97. The molecule has 17 heavy (non-hydrogen) atoms. The molecule has 1 aliphatic carbocycles. The summed E-state index contributed by atoms with van der Waals surface area (Å²) in [6.45, 7) is 4.21. The number of benzene rings is 1. The van der Waals surface area contributed by atoms with Crippen LogP contribution in [0.25, 0.3) is 0 Å². The summed E-state index contributed by atoms with van der Waals surface area (Å²) in [6.07, 6.45) is 3.71. The summed E-state index contributed by atoms with van der Waals surface area (Å²) in [4.78, 5) is 0. The lowest BCUT2D eigenvalue weighted by molar-refractivity contribution is 0.443. The Kier molecular flexibility index (Phi) is 3.67. The molecule has 1 fully saturated rings. The SMILES string of the molecule is CCCC1CC1NC(C)c1ccc(F)cc1O. The van der Waals surface area contributed by atoms with E-state index in [1.165, 1.54) is 31.4 Å². The Hall–Kier alpha value is -1.09. The molecule has 0 saturated heterocycles. The number of hydrogen-bond donors (Lipinski definition) is 2. The average Bonchev–Trinajstić information content (AvgIpc) is 2.96. The normalized spacial score (nSPS) is 24.6. The molecule has 0 spiro atoms. The van der Waals surface area contributed by atoms with Crippen LogP contribution in [0.3, 0.4) is 0 Å².